The molecular formula is C14H18N2O. The molecule has 0 saturated heterocycles. The Morgan fingerprint density at radius 1 is 1.47 bits per heavy atom. The number of benzene rings is 1. The van der Waals surface area contributed by atoms with Crippen LogP contribution >= 0.6 is 0 Å². The summed E-state index contributed by atoms with van der Waals surface area (Å²) in [6.07, 6.45) is 5.68. The number of nitrogens with two attached hydrogens (primary N) is 1. The molecule has 1 aromatic rings. The van der Waals surface area contributed by atoms with Gasteiger partial charge in [-0.05, 0) is 19.4 Å². The van der Waals surface area contributed by atoms with Crippen molar-refractivity contribution >= 4 is 5.91 Å². The first kappa shape index (κ1) is 13.3. The van der Waals surface area contributed by atoms with E-state index in [-0.39, 0.29) is 11.9 Å². The molecule has 0 saturated carbocycles. The quantitative estimate of drug-likeness (QED) is 0.771. The molecule has 0 aliphatic carbocycles. The van der Waals surface area contributed by atoms with Gasteiger partial charge in [-0.15, -0.1) is 12.3 Å². The number of terminal acetylenes is 1. The summed E-state index contributed by atoms with van der Waals surface area (Å²) in [6.45, 7) is 3.85. The van der Waals surface area contributed by atoms with E-state index in [1.165, 1.54) is 0 Å². The second-order valence-electron chi connectivity index (χ2n) is 4.21. The van der Waals surface area contributed by atoms with Crippen LogP contribution in [0.4, 0.5) is 0 Å². The van der Waals surface area contributed by atoms with Gasteiger partial charge in [0.05, 0.1) is 0 Å². The van der Waals surface area contributed by atoms with Crippen LogP contribution in [0.2, 0.25) is 0 Å². The summed E-state index contributed by atoms with van der Waals surface area (Å²) in [6, 6.07) is 6.91. The van der Waals surface area contributed by atoms with Gasteiger partial charge in [0.15, 0.2) is 0 Å². The van der Waals surface area contributed by atoms with Crippen molar-refractivity contribution in [2.75, 3.05) is 0 Å². The topological polar surface area (TPSA) is 55.1 Å². The van der Waals surface area contributed by atoms with E-state index in [4.69, 9.17) is 12.2 Å². The molecule has 0 aromatic heterocycles. The van der Waals surface area contributed by atoms with Crippen molar-refractivity contribution in [1.29, 1.82) is 0 Å². The molecule has 0 spiro atoms. The van der Waals surface area contributed by atoms with Gasteiger partial charge in [-0.25, -0.2) is 0 Å². The van der Waals surface area contributed by atoms with Gasteiger partial charge >= 0.3 is 0 Å². The number of aryl methyl sites for hydroxylation is 1. The zero-order valence-electron chi connectivity index (χ0n) is 10.2. The lowest BCUT2D eigenvalue weighted by molar-refractivity contribution is -0.123. The van der Waals surface area contributed by atoms with E-state index in [2.05, 4.69) is 11.2 Å². The van der Waals surface area contributed by atoms with Gasteiger partial charge in [0.1, 0.15) is 6.04 Å². The molecule has 3 N–H and O–H groups in total. The first-order chi connectivity index (χ1) is 8.04. The van der Waals surface area contributed by atoms with Crippen LogP contribution in [0.1, 0.15) is 30.5 Å². The molecule has 0 aliphatic rings. The SMILES string of the molecule is C#CCC(C)NC(=O)C(N)c1ccc(C)cc1. The maximum absolute atomic E-state index is 11.8. The molecular weight excluding hydrogens is 212 g/mol. The van der Waals surface area contributed by atoms with Crippen molar-refractivity contribution in [3.8, 4) is 12.3 Å². The van der Waals surface area contributed by atoms with Crippen molar-refractivity contribution < 1.29 is 4.79 Å². The third-order valence-electron chi connectivity index (χ3n) is 2.53. The smallest absolute Gasteiger partial charge is 0.241 e. The van der Waals surface area contributed by atoms with Crippen molar-refractivity contribution in [2.45, 2.75) is 32.4 Å². The summed E-state index contributed by atoms with van der Waals surface area (Å²) in [7, 11) is 0. The Balaban J connectivity index is 2.64. The van der Waals surface area contributed by atoms with Gasteiger partial charge in [-0.2, -0.15) is 0 Å². The van der Waals surface area contributed by atoms with Crippen molar-refractivity contribution in [3.63, 3.8) is 0 Å². The van der Waals surface area contributed by atoms with Crippen LogP contribution in [-0.4, -0.2) is 11.9 Å². The highest BCUT2D eigenvalue weighted by Crippen LogP contribution is 2.11. The second-order valence-corrected chi connectivity index (χ2v) is 4.21. The van der Waals surface area contributed by atoms with E-state index in [9.17, 15) is 4.79 Å². The molecule has 90 valence electrons. The van der Waals surface area contributed by atoms with Crippen LogP contribution in [0.5, 0.6) is 0 Å². The lowest BCUT2D eigenvalue weighted by atomic mass is 10.0. The molecule has 3 nitrogen and oxygen atoms in total. The van der Waals surface area contributed by atoms with Crippen molar-refractivity contribution in [1.82, 2.24) is 5.32 Å². The molecule has 2 atom stereocenters. The number of hydrogen-bond donors (Lipinski definition) is 2. The molecule has 2 unspecified atom stereocenters. The number of amides is 1. The van der Waals surface area contributed by atoms with Gasteiger partial charge in [-0.3, -0.25) is 4.79 Å². The Hall–Kier alpha value is -1.79. The lowest BCUT2D eigenvalue weighted by Gasteiger charge is -2.16. The van der Waals surface area contributed by atoms with Crippen LogP contribution < -0.4 is 11.1 Å². The Bertz CT molecular complexity index is 417. The maximum Gasteiger partial charge on any atom is 0.241 e. The Labute approximate surface area is 102 Å². The van der Waals surface area contributed by atoms with Crippen LogP contribution in [0.15, 0.2) is 24.3 Å². The summed E-state index contributed by atoms with van der Waals surface area (Å²) < 4.78 is 0. The number of carbonyl (C=O) groups is 1. The number of carbonyl (C=O) groups excluding carboxylic acids is 1. The zero-order valence-corrected chi connectivity index (χ0v) is 10.2. The predicted octanol–water partition coefficient (Wildman–Crippen LogP) is 1.52. The van der Waals surface area contributed by atoms with Crippen molar-refractivity contribution in [3.05, 3.63) is 35.4 Å². The fraction of sp³-hybridized carbons (Fsp3) is 0.357. The minimum absolute atomic E-state index is 0.0519. The van der Waals surface area contributed by atoms with E-state index < -0.39 is 6.04 Å². The third-order valence-corrected chi connectivity index (χ3v) is 2.53. The van der Waals surface area contributed by atoms with Crippen LogP contribution in [0, 0.1) is 19.3 Å². The van der Waals surface area contributed by atoms with E-state index in [0.29, 0.717) is 6.42 Å². The van der Waals surface area contributed by atoms with Crippen LogP contribution in [-0.2, 0) is 4.79 Å². The summed E-state index contributed by atoms with van der Waals surface area (Å²) in [4.78, 5) is 11.8. The van der Waals surface area contributed by atoms with Crippen LogP contribution in [0.25, 0.3) is 0 Å². The molecule has 0 aliphatic heterocycles. The van der Waals surface area contributed by atoms with E-state index >= 15 is 0 Å². The molecule has 1 amide bonds. The van der Waals surface area contributed by atoms with Crippen LogP contribution in [0.3, 0.4) is 0 Å². The molecule has 0 heterocycles. The minimum atomic E-state index is -0.643. The Morgan fingerprint density at radius 3 is 2.59 bits per heavy atom. The summed E-state index contributed by atoms with van der Waals surface area (Å²) in [5.74, 6) is 2.31. The fourth-order valence-electron chi connectivity index (χ4n) is 1.49. The maximum atomic E-state index is 11.8. The zero-order chi connectivity index (χ0) is 12.8. The summed E-state index contributed by atoms with van der Waals surface area (Å²) in [5, 5.41) is 2.79. The highest BCUT2D eigenvalue weighted by Gasteiger charge is 2.16. The predicted molar refractivity (Wildman–Crippen MR) is 69.2 cm³/mol. The largest absolute Gasteiger partial charge is 0.351 e. The molecule has 17 heavy (non-hydrogen) atoms. The number of hydrogen-bond acceptors (Lipinski definition) is 2. The molecule has 1 rings (SSSR count). The highest BCUT2D eigenvalue weighted by atomic mass is 16.2. The fourth-order valence-corrected chi connectivity index (χ4v) is 1.49. The summed E-state index contributed by atoms with van der Waals surface area (Å²) in [5.41, 5.74) is 7.82. The second kappa shape index (κ2) is 6.07. The minimum Gasteiger partial charge on any atom is -0.351 e. The average Bonchev–Trinajstić information content (AvgIpc) is 2.29. The highest BCUT2D eigenvalue weighted by molar-refractivity contribution is 5.83. The summed E-state index contributed by atoms with van der Waals surface area (Å²) >= 11 is 0. The van der Waals surface area contributed by atoms with Crippen molar-refractivity contribution in [2.24, 2.45) is 5.73 Å². The standard InChI is InChI=1S/C14H18N2O/c1-4-5-11(3)16-14(17)13(15)12-8-6-10(2)7-9-12/h1,6-9,11,13H,5,15H2,2-3H3,(H,16,17). The molecule has 0 fully saturated rings. The third kappa shape index (κ3) is 3.93. The average molecular weight is 230 g/mol. The molecule has 1 aromatic carbocycles. The van der Waals surface area contributed by atoms with E-state index in [1.807, 2.05) is 38.1 Å². The van der Waals surface area contributed by atoms with Gasteiger partial charge in [0.25, 0.3) is 0 Å². The number of nitrogens with one attached hydrogen (secondary N) is 1. The Kier molecular flexibility index (Phi) is 4.74. The van der Waals surface area contributed by atoms with E-state index in [1.54, 1.807) is 0 Å². The lowest BCUT2D eigenvalue weighted by Crippen LogP contribution is -2.39. The van der Waals surface area contributed by atoms with Gasteiger partial charge in [-0.1, -0.05) is 29.8 Å². The first-order valence-corrected chi connectivity index (χ1v) is 5.60. The molecule has 0 radical (unpaired) electrons. The normalized spacial score (nSPS) is 13.5. The Morgan fingerprint density at radius 2 is 2.06 bits per heavy atom. The molecule has 0 bridgehead atoms. The first-order valence-electron chi connectivity index (χ1n) is 5.60. The van der Waals surface area contributed by atoms with Gasteiger partial charge in [0, 0.05) is 12.5 Å². The van der Waals surface area contributed by atoms with E-state index in [0.717, 1.165) is 11.1 Å². The van der Waals surface area contributed by atoms with Gasteiger partial charge in [0.2, 0.25) is 5.91 Å². The monoisotopic (exact) mass is 230 g/mol. The number of rotatable bonds is 4. The molecule has 3 heteroatoms. The van der Waals surface area contributed by atoms with Gasteiger partial charge < -0.3 is 11.1 Å².